The molecule has 1 aliphatic carbocycles. The van der Waals surface area contributed by atoms with Crippen LogP contribution in [0.1, 0.15) is 51.2 Å². The fraction of sp³-hybridized carbons (Fsp3) is 0.611. The van der Waals surface area contributed by atoms with E-state index in [0.717, 1.165) is 18.5 Å². The second kappa shape index (κ2) is 5.59. The van der Waals surface area contributed by atoms with Crippen LogP contribution in [-0.2, 0) is 4.79 Å². The average Bonchev–Trinajstić information content (AvgIpc) is 2.32. The minimum atomic E-state index is 0.0987. The third-order valence-electron chi connectivity index (χ3n) is 4.95. The smallest absolute Gasteiger partial charge is 0.228 e. The number of hydrogen-bond acceptors (Lipinski definition) is 1. The lowest BCUT2D eigenvalue weighted by molar-refractivity contribution is -0.127. The predicted octanol–water partition coefficient (Wildman–Crippen LogP) is 4.70. The zero-order chi connectivity index (χ0) is 14.9. The summed E-state index contributed by atoms with van der Waals surface area (Å²) in [6, 6.07) is 6.13. The molecule has 2 heteroatoms. The molecule has 0 bridgehead atoms. The Labute approximate surface area is 123 Å². The highest BCUT2D eigenvalue weighted by Crippen LogP contribution is 2.44. The maximum absolute atomic E-state index is 12.7. The monoisotopic (exact) mass is 273 g/mol. The maximum Gasteiger partial charge on any atom is 0.228 e. The van der Waals surface area contributed by atoms with Crippen LogP contribution in [0, 0.1) is 31.1 Å². The highest BCUT2D eigenvalue weighted by molar-refractivity contribution is 5.93. The molecule has 1 fully saturated rings. The first-order valence-corrected chi connectivity index (χ1v) is 7.69. The number of rotatable bonds is 2. The summed E-state index contributed by atoms with van der Waals surface area (Å²) in [5.74, 6) is 0.758. The number of benzene rings is 1. The molecule has 1 N–H and O–H groups in total. The molecule has 110 valence electrons. The Morgan fingerprint density at radius 2 is 1.95 bits per heavy atom. The van der Waals surface area contributed by atoms with Gasteiger partial charge in [-0.15, -0.1) is 0 Å². The largest absolute Gasteiger partial charge is 0.326 e. The lowest BCUT2D eigenvalue weighted by Crippen LogP contribution is -2.42. The van der Waals surface area contributed by atoms with Gasteiger partial charge < -0.3 is 5.32 Å². The third kappa shape index (κ3) is 3.05. The number of amides is 1. The fourth-order valence-corrected chi connectivity index (χ4v) is 3.62. The van der Waals surface area contributed by atoms with Crippen LogP contribution < -0.4 is 5.32 Å². The second-order valence-corrected chi connectivity index (χ2v) is 7.12. The van der Waals surface area contributed by atoms with Gasteiger partial charge in [0, 0.05) is 11.6 Å². The zero-order valence-electron chi connectivity index (χ0n) is 13.4. The Hall–Kier alpha value is -1.31. The van der Waals surface area contributed by atoms with Crippen LogP contribution in [0.15, 0.2) is 18.2 Å². The summed E-state index contributed by atoms with van der Waals surface area (Å²) < 4.78 is 0. The number of anilines is 1. The van der Waals surface area contributed by atoms with Crippen molar-refractivity contribution < 1.29 is 4.79 Å². The summed E-state index contributed by atoms with van der Waals surface area (Å²) in [6.07, 6.45) is 3.54. The van der Waals surface area contributed by atoms with E-state index in [9.17, 15) is 4.79 Å². The van der Waals surface area contributed by atoms with E-state index < -0.39 is 0 Å². The van der Waals surface area contributed by atoms with E-state index in [1.165, 1.54) is 17.5 Å². The molecule has 0 aliphatic heterocycles. The first-order valence-electron chi connectivity index (χ1n) is 7.69. The predicted molar refractivity (Wildman–Crippen MR) is 84.8 cm³/mol. The van der Waals surface area contributed by atoms with Crippen LogP contribution in [0.4, 0.5) is 5.69 Å². The van der Waals surface area contributed by atoms with Crippen molar-refractivity contribution in [2.75, 3.05) is 5.32 Å². The van der Waals surface area contributed by atoms with Crippen LogP contribution in [0.25, 0.3) is 0 Å². The summed E-state index contributed by atoms with van der Waals surface area (Å²) in [4.78, 5) is 12.7. The molecule has 2 nitrogen and oxygen atoms in total. The number of carbonyl (C=O) groups excluding carboxylic acids is 1. The molecular weight excluding hydrogens is 246 g/mol. The van der Waals surface area contributed by atoms with E-state index >= 15 is 0 Å². The van der Waals surface area contributed by atoms with Gasteiger partial charge in [0.15, 0.2) is 0 Å². The van der Waals surface area contributed by atoms with Crippen LogP contribution in [0.5, 0.6) is 0 Å². The van der Waals surface area contributed by atoms with Crippen molar-refractivity contribution >= 4 is 11.6 Å². The third-order valence-corrected chi connectivity index (χ3v) is 4.95. The molecule has 2 rings (SSSR count). The number of nitrogens with one attached hydrogen (secondary N) is 1. The van der Waals surface area contributed by atoms with E-state index in [0.29, 0.717) is 5.92 Å². The topological polar surface area (TPSA) is 29.1 Å². The Balaban J connectivity index is 2.16. The summed E-state index contributed by atoms with van der Waals surface area (Å²) >= 11 is 0. The van der Waals surface area contributed by atoms with Crippen molar-refractivity contribution in [1.82, 2.24) is 0 Å². The van der Waals surface area contributed by atoms with Gasteiger partial charge in [0.25, 0.3) is 0 Å². The van der Waals surface area contributed by atoms with E-state index in [1.807, 2.05) is 6.07 Å². The van der Waals surface area contributed by atoms with Crippen molar-refractivity contribution in [2.45, 2.75) is 53.9 Å². The summed E-state index contributed by atoms with van der Waals surface area (Å²) in [6.45, 7) is 10.8. The Morgan fingerprint density at radius 1 is 1.25 bits per heavy atom. The highest BCUT2D eigenvalue weighted by Gasteiger charge is 2.41. The Bertz CT molecular complexity index is 504. The normalized spacial score (nSPS) is 25.2. The zero-order valence-corrected chi connectivity index (χ0v) is 13.4. The quantitative estimate of drug-likeness (QED) is 0.831. The van der Waals surface area contributed by atoms with E-state index in [4.69, 9.17) is 0 Å². The fourth-order valence-electron chi connectivity index (χ4n) is 3.62. The molecule has 1 saturated carbocycles. The Morgan fingerprint density at radius 3 is 2.55 bits per heavy atom. The summed E-state index contributed by atoms with van der Waals surface area (Å²) in [5.41, 5.74) is 3.50. The summed E-state index contributed by atoms with van der Waals surface area (Å²) in [7, 11) is 0. The van der Waals surface area contributed by atoms with Crippen molar-refractivity contribution in [3.63, 3.8) is 0 Å². The molecule has 0 spiro atoms. The van der Waals surface area contributed by atoms with Gasteiger partial charge in [-0.2, -0.15) is 0 Å². The summed E-state index contributed by atoms with van der Waals surface area (Å²) in [5, 5.41) is 3.13. The van der Waals surface area contributed by atoms with Crippen molar-refractivity contribution in [3.8, 4) is 0 Å². The van der Waals surface area contributed by atoms with Crippen molar-refractivity contribution in [2.24, 2.45) is 17.3 Å². The molecule has 1 amide bonds. The molecule has 0 heterocycles. The van der Waals surface area contributed by atoms with Gasteiger partial charge in [-0.05, 0) is 61.3 Å². The standard InChI is InChI=1S/C18H27NO/c1-12-8-9-15(11-14(12)3)19-17(20)16-13(2)7-6-10-18(16,4)5/h8-9,11,13,16H,6-7,10H2,1-5H3,(H,19,20). The average molecular weight is 273 g/mol. The van der Waals surface area contributed by atoms with Gasteiger partial charge in [0.05, 0.1) is 0 Å². The lowest BCUT2D eigenvalue weighted by atomic mass is 9.64. The van der Waals surface area contributed by atoms with Crippen LogP contribution in [-0.4, -0.2) is 5.91 Å². The van der Waals surface area contributed by atoms with E-state index in [1.54, 1.807) is 0 Å². The number of hydrogen-bond donors (Lipinski definition) is 1. The van der Waals surface area contributed by atoms with E-state index in [2.05, 4.69) is 52.1 Å². The molecule has 1 aliphatic rings. The van der Waals surface area contributed by atoms with Gasteiger partial charge in [0.1, 0.15) is 0 Å². The molecule has 2 unspecified atom stereocenters. The van der Waals surface area contributed by atoms with Gasteiger partial charge in [-0.1, -0.05) is 33.3 Å². The lowest BCUT2D eigenvalue weighted by Gasteiger charge is -2.41. The molecular formula is C18H27NO. The minimum absolute atomic E-state index is 0.0987. The van der Waals surface area contributed by atoms with Gasteiger partial charge >= 0.3 is 0 Å². The molecule has 0 aromatic heterocycles. The van der Waals surface area contributed by atoms with Gasteiger partial charge in [-0.3, -0.25) is 4.79 Å². The van der Waals surface area contributed by atoms with Crippen LogP contribution >= 0.6 is 0 Å². The minimum Gasteiger partial charge on any atom is -0.326 e. The molecule has 1 aromatic carbocycles. The first-order chi connectivity index (χ1) is 9.31. The molecule has 0 saturated heterocycles. The molecule has 0 radical (unpaired) electrons. The number of aryl methyl sites for hydroxylation is 2. The number of carbonyl (C=O) groups is 1. The van der Waals surface area contributed by atoms with E-state index in [-0.39, 0.29) is 17.2 Å². The van der Waals surface area contributed by atoms with Crippen LogP contribution in [0.3, 0.4) is 0 Å². The maximum atomic E-state index is 12.7. The highest BCUT2D eigenvalue weighted by atomic mass is 16.1. The Kier molecular flexibility index (Phi) is 4.22. The van der Waals surface area contributed by atoms with Gasteiger partial charge in [0.2, 0.25) is 5.91 Å². The SMILES string of the molecule is Cc1ccc(NC(=O)C2C(C)CCCC2(C)C)cc1C. The molecule has 20 heavy (non-hydrogen) atoms. The van der Waals surface area contributed by atoms with Crippen molar-refractivity contribution in [1.29, 1.82) is 0 Å². The van der Waals surface area contributed by atoms with Crippen LogP contribution in [0.2, 0.25) is 0 Å². The molecule has 1 aromatic rings. The first kappa shape index (κ1) is 15.1. The molecule has 2 atom stereocenters. The van der Waals surface area contributed by atoms with Crippen molar-refractivity contribution in [3.05, 3.63) is 29.3 Å². The second-order valence-electron chi connectivity index (χ2n) is 7.12. The van der Waals surface area contributed by atoms with Gasteiger partial charge in [-0.25, -0.2) is 0 Å².